The molecule has 2 rings (SSSR count). The topological polar surface area (TPSA) is 111 Å². The number of nitrogens with two attached hydrogens (primary N) is 1. The monoisotopic (exact) mass is 412 g/mol. The van der Waals surface area contributed by atoms with Crippen LogP contribution in [-0.2, 0) is 11.3 Å². The van der Waals surface area contributed by atoms with E-state index in [1.165, 1.54) is 14.2 Å². The first kappa shape index (κ1) is 23.7. The molecular formula is C19H29ClN4O4. The Balaban J connectivity index is 0.00000392. The Hall–Kier alpha value is -2.32. The molecule has 1 aromatic heterocycles. The third-order valence-electron chi connectivity index (χ3n) is 4.49. The highest BCUT2D eigenvalue weighted by atomic mass is 35.5. The molecule has 9 heteroatoms. The maximum absolute atomic E-state index is 12.7. The van der Waals surface area contributed by atoms with E-state index in [0.29, 0.717) is 34.8 Å². The SMILES string of the molecule is CCN(Cc1nc2cc(OC)c(OC)cc2c(=O)[nH]1)C(=O)[C@@H](N)C(C)(C)C.Cl. The number of nitrogens with one attached hydrogen (secondary N) is 1. The molecule has 0 aliphatic carbocycles. The second-order valence-corrected chi connectivity index (χ2v) is 7.43. The predicted octanol–water partition coefficient (Wildman–Crippen LogP) is 2.08. The van der Waals surface area contributed by atoms with E-state index in [1.54, 1.807) is 17.0 Å². The standard InChI is InChI=1S/C19H28N4O4.ClH/c1-7-23(18(25)16(20)19(2,3)4)10-15-21-12-9-14(27-6)13(26-5)8-11(12)17(24)22-15;/h8-9,16H,7,10,20H2,1-6H3,(H,21,22,24);1H/t16-;/m1./s1. The molecule has 8 nitrogen and oxygen atoms in total. The first-order chi connectivity index (χ1) is 12.6. The number of H-pyrrole nitrogens is 1. The fourth-order valence-corrected chi connectivity index (χ4v) is 2.68. The lowest BCUT2D eigenvalue weighted by Gasteiger charge is -2.31. The molecule has 156 valence electrons. The molecule has 0 saturated heterocycles. The zero-order valence-electron chi connectivity index (χ0n) is 17.2. The van der Waals surface area contributed by atoms with Gasteiger partial charge >= 0.3 is 0 Å². The molecule has 3 N–H and O–H groups in total. The molecule has 0 saturated carbocycles. The Bertz CT molecular complexity index is 892. The van der Waals surface area contributed by atoms with Crippen molar-refractivity contribution in [3.8, 4) is 11.5 Å². The van der Waals surface area contributed by atoms with Crippen molar-refractivity contribution in [2.24, 2.45) is 11.1 Å². The normalized spacial score (nSPS) is 12.2. The minimum atomic E-state index is -0.644. The van der Waals surface area contributed by atoms with Crippen molar-refractivity contribution in [2.75, 3.05) is 20.8 Å². The number of rotatable bonds is 6. The lowest BCUT2D eigenvalue weighted by molar-refractivity contribution is -0.135. The minimum Gasteiger partial charge on any atom is -0.493 e. The van der Waals surface area contributed by atoms with E-state index in [4.69, 9.17) is 15.2 Å². The van der Waals surface area contributed by atoms with Gasteiger partial charge in [0.05, 0.1) is 37.7 Å². The summed E-state index contributed by atoms with van der Waals surface area (Å²) < 4.78 is 10.5. The summed E-state index contributed by atoms with van der Waals surface area (Å²) >= 11 is 0. The van der Waals surface area contributed by atoms with Crippen LogP contribution >= 0.6 is 12.4 Å². The molecular weight excluding hydrogens is 384 g/mol. The number of ether oxygens (including phenoxy) is 2. The van der Waals surface area contributed by atoms with Gasteiger partial charge in [0.2, 0.25) is 5.91 Å². The Kier molecular flexibility index (Phi) is 7.84. The molecule has 0 aliphatic heterocycles. The number of carbonyl (C=O) groups excluding carboxylic acids is 1. The zero-order chi connectivity index (χ0) is 20.4. The molecule has 0 aliphatic rings. The average Bonchev–Trinajstić information content (AvgIpc) is 2.63. The lowest BCUT2D eigenvalue weighted by Crippen LogP contribution is -2.50. The molecule has 28 heavy (non-hydrogen) atoms. The molecule has 1 heterocycles. The number of nitrogens with zero attached hydrogens (tertiary/aromatic N) is 2. The van der Waals surface area contributed by atoms with Gasteiger partial charge in [0.1, 0.15) is 5.82 Å². The number of aromatic nitrogens is 2. The quantitative estimate of drug-likeness (QED) is 0.751. The van der Waals surface area contributed by atoms with Crippen LogP contribution in [0.1, 0.15) is 33.5 Å². The van der Waals surface area contributed by atoms with Crippen molar-refractivity contribution in [1.82, 2.24) is 14.9 Å². The van der Waals surface area contributed by atoms with E-state index >= 15 is 0 Å². The number of aromatic amines is 1. The van der Waals surface area contributed by atoms with Gasteiger partial charge in [-0.25, -0.2) is 4.98 Å². The number of halogens is 1. The highest BCUT2D eigenvalue weighted by Crippen LogP contribution is 2.30. The summed E-state index contributed by atoms with van der Waals surface area (Å²) in [4.78, 5) is 34.0. The minimum absolute atomic E-state index is 0. The molecule has 0 unspecified atom stereocenters. The highest BCUT2D eigenvalue weighted by molar-refractivity contribution is 5.85. The van der Waals surface area contributed by atoms with Crippen LogP contribution in [-0.4, -0.2) is 47.6 Å². The van der Waals surface area contributed by atoms with Crippen molar-refractivity contribution in [1.29, 1.82) is 0 Å². The number of hydrogen-bond donors (Lipinski definition) is 2. The number of amides is 1. The molecule has 0 spiro atoms. The van der Waals surface area contributed by atoms with E-state index in [0.717, 1.165) is 0 Å². The third-order valence-corrected chi connectivity index (χ3v) is 4.49. The first-order valence-corrected chi connectivity index (χ1v) is 8.81. The number of fused-ring (bicyclic) bond motifs is 1. The van der Waals surface area contributed by atoms with Crippen molar-refractivity contribution < 1.29 is 14.3 Å². The molecule has 0 radical (unpaired) electrons. The van der Waals surface area contributed by atoms with Crippen LogP contribution in [0.3, 0.4) is 0 Å². The van der Waals surface area contributed by atoms with Crippen molar-refractivity contribution in [3.05, 3.63) is 28.3 Å². The molecule has 1 atom stereocenters. The van der Waals surface area contributed by atoms with Gasteiger partial charge in [0.15, 0.2) is 11.5 Å². The number of methoxy groups -OCH3 is 2. The van der Waals surface area contributed by atoms with Gasteiger partial charge in [-0.3, -0.25) is 9.59 Å². The zero-order valence-corrected chi connectivity index (χ0v) is 18.0. The van der Waals surface area contributed by atoms with E-state index in [-0.39, 0.29) is 35.8 Å². The Morgan fingerprint density at radius 3 is 2.32 bits per heavy atom. The fraction of sp³-hybridized carbons (Fsp3) is 0.526. The summed E-state index contributed by atoms with van der Waals surface area (Å²) in [5.74, 6) is 1.13. The van der Waals surface area contributed by atoms with Gasteiger partial charge in [0, 0.05) is 12.6 Å². The lowest BCUT2D eigenvalue weighted by atomic mass is 9.86. The number of carbonyl (C=O) groups is 1. The van der Waals surface area contributed by atoms with Gasteiger partial charge in [-0.1, -0.05) is 20.8 Å². The molecule has 1 aromatic carbocycles. The van der Waals surface area contributed by atoms with Gasteiger partial charge < -0.3 is 25.1 Å². The maximum Gasteiger partial charge on any atom is 0.258 e. The molecule has 0 fully saturated rings. The highest BCUT2D eigenvalue weighted by Gasteiger charge is 2.30. The van der Waals surface area contributed by atoms with E-state index in [9.17, 15) is 9.59 Å². The van der Waals surface area contributed by atoms with Crippen LogP contribution in [0, 0.1) is 5.41 Å². The smallest absolute Gasteiger partial charge is 0.258 e. The summed E-state index contributed by atoms with van der Waals surface area (Å²) in [6.45, 7) is 8.23. The summed E-state index contributed by atoms with van der Waals surface area (Å²) in [6.07, 6.45) is 0. The largest absolute Gasteiger partial charge is 0.493 e. The van der Waals surface area contributed by atoms with Crippen LogP contribution in [0.25, 0.3) is 10.9 Å². The van der Waals surface area contributed by atoms with Crippen LogP contribution < -0.4 is 20.8 Å². The average molecular weight is 413 g/mol. The van der Waals surface area contributed by atoms with Crippen molar-refractivity contribution in [3.63, 3.8) is 0 Å². The summed E-state index contributed by atoms with van der Waals surface area (Å²) in [7, 11) is 3.02. The van der Waals surface area contributed by atoms with Crippen molar-refractivity contribution in [2.45, 2.75) is 40.3 Å². The first-order valence-electron chi connectivity index (χ1n) is 8.81. The predicted molar refractivity (Wildman–Crippen MR) is 111 cm³/mol. The third kappa shape index (κ3) is 4.94. The van der Waals surface area contributed by atoms with Crippen LogP contribution in [0.5, 0.6) is 11.5 Å². The molecule has 0 bridgehead atoms. The van der Waals surface area contributed by atoms with Gasteiger partial charge in [0.25, 0.3) is 5.56 Å². The summed E-state index contributed by atoms with van der Waals surface area (Å²) in [6, 6.07) is 2.59. The Morgan fingerprint density at radius 2 is 1.82 bits per heavy atom. The van der Waals surface area contributed by atoms with Gasteiger partial charge in [-0.05, 0) is 18.4 Å². The van der Waals surface area contributed by atoms with Crippen LogP contribution in [0.2, 0.25) is 0 Å². The van der Waals surface area contributed by atoms with E-state index in [2.05, 4.69) is 9.97 Å². The Morgan fingerprint density at radius 1 is 1.25 bits per heavy atom. The second kappa shape index (κ2) is 9.25. The van der Waals surface area contributed by atoms with Gasteiger partial charge in [-0.15, -0.1) is 12.4 Å². The maximum atomic E-state index is 12.7. The molecule has 1 amide bonds. The summed E-state index contributed by atoms with van der Waals surface area (Å²) in [5, 5.41) is 0.386. The Labute approximate surface area is 170 Å². The van der Waals surface area contributed by atoms with Crippen LogP contribution in [0.4, 0.5) is 0 Å². The van der Waals surface area contributed by atoms with Crippen LogP contribution in [0.15, 0.2) is 16.9 Å². The summed E-state index contributed by atoms with van der Waals surface area (Å²) in [5.41, 5.74) is 5.90. The van der Waals surface area contributed by atoms with Crippen molar-refractivity contribution >= 4 is 29.2 Å². The number of likely N-dealkylation sites (N-methyl/N-ethyl adjacent to an activating group) is 1. The number of benzene rings is 1. The number of hydrogen-bond acceptors (Lipinski definition) is 6. The van der Waals surface area contributed by atoms with Gasteiger partial charge in [-0.2, -0.15) is 0 Å². The molecule has 2 aromatic rings. The second-order valence-electron chi connectivity index (χ2n) is 7.43. The van der Waals surface area contributed by atoms with E-state index < -0.39 is 6.04 Å². The fourth-order valence-electron chi connectivity index (χ4n) is 2.68. The van der Waals surface area contributed by atoms with E-state index in [1.807, 2.05) is 27.7 Å².